The second kappa shape index (κ2) is 6.99. The van der Waals surface area contributed by atoms with Gasteiger partial charge in [0.1, 0.15) is 11.0 Å². The van der Waals surface area contributed by atoms with Gasteiger partial charge in [0.25, 0.3) is 5.56 Å². The summed E-state index contributed by atoms with van der Waals surface area (Å²) in [6.45, 7) is 2.50. The largest absolute Gasteiger partial charge is 0.349 e. The predicted octanol–water partition coefficient (Wildman–Crippen LogP) is 5.50. The van der Waals surface area contributed by atoms with E-state index in [-0.39, 0.29) is 5.56 Å². The minimum atomic E-state index is -0.0506. The molecule has 0 saturated carbocycles. The lowest BCUT2D eigenvalue weighted by molar-refractivity contribution is 0.634. The third-order valence-electron chi connectivity index (χ3n) is 4.24. The lowest BCUT2D eigenvalue weighted by Crippen LogP contribution is -2.22. The molecule has 0 radical (unpaired) electrons. The molecule has 0 atom stereocenters. The van der Waals surface area contributed by atoms with Crippen LogP contribution < -0.4 is 5.56 Å². The summed E-state index contributed by atoms with van der Waals surface area (Å²) >= 11 is 13.6. The molecule has 0 spiro atoms. The maximum absolute atomic E-state index is 12.9. The van der Waals surface area contributed by atoms with E-state index in [0.29, 0.717) is 38.5 Å². The molecule has 2 aromatic carbocycles. The highest BCUT2D eigenvalue weighted by Crippen LogP contribution is 2.28. The summed E-state index contributed by atoms with van der Waals surface area (Å²) in [4.78, 5) is 20.9. The second-order valence-corrected chi connectivity index (χ2v) is 7.63. The van der Waals surface area contributed by atoms with Gasteiger partial charge in [-0.1, -0.05) is 59.2 Å². The average molecular weight is 404 g/mol. The number of nitrogens with zero attached hydrogens (tertiary/aromatic N) is 2. The summed E-state index contributed by atoms with van der Waals surface area (Å²) in [7, 11) is 0. The number of rotatable bonds is 4. The number of halogens is 2. The topological polar surface area (TPSA) is 50.7 Å². The number of hydrogen-bond acceptors (Lipinski definition) is 3. The van der Waals surface area contributed by atoms with Crippen LogP contribution in [0.25, 0.3) is 21.9 Å². The third kappa shape index (κ3) is 3.00. The minimum Gasteiger partial charge on any atom is -0.349 e. The summed E-state index contributed by atoms with van der Waals surface area (Å²) in [5.41, 5.74) is 3.16. The molecule has 0 aliphatic heterocycles. The molecule has 0 bridgehead atoms. The van der Waals surface area contributed by atoms with Crippen LogP contribution in [0.1, 0.15) is 12.5 Å². The van der Waals surface area contributed by atoms with Gasteiger partial charge in [-0.3, -0.25) is 9.36 Å². The molecular weight excluding hydrogens is 389 g/mol. The summed E-state index contributed by atoms with van der Waals surface area (Å²) in [5.74, 6) is 0.650. The van der Waals surface area contributed by atoms with Gasteiger partial charge in [0.15, 0.2) is 5.16 Å². The molecule has 0 aliphatic rings. The molecule has 4 rings (SSSR count). The Bertz CT molecular complexity index is 1180. The van der Waals surface area contributed by atoms with Gasteiger partial charge in [0.05, 0.1) is 10.0 Å². The Morgan fingerprint density at radius 3 is 2.73 bits per heavy atom. The quantitative estimate of drug-likeness (QED) is 0.361. The van der Waals surface area contributed by atoms with Crippen molar-refractivity contribution >= 4 is 56.9 Å². The molecule has 0 aliphatic carbocycles. The SMILES string of the molecule is CCn1c(SCc2ccc(Cl)c(Cl)c2)nc2c([nH]c3ccccc32)c1=O. The number of aromatic amines is 1. The van der Waals surface area contributed by atoms with E-state index >= 15 is 0 Å². The highest BCUT2D eigenvalue weighted by atomic mass is 35.5. The lowest BCUT2D eigenvalue weighted by atomic mass is 10.2. The monoisotopic (exact) mass is 403 g/mol. The fraction of sp³-hybridized carbons (Fsp3) is 0.158. The van der Waals surface area contributed by atoms with Gasteiger partial charge in [-0.25, -0.2) is 4.98 Å². The molecule has 4 nitrogen and oxygen atoms in total. The highest BCUT2D eigenvalue weighted by Gasteiger charge is 2.15. The molecular formula is C19H15Cl2N3OS. The Morgan fingerprint density at radius 1 is 1.15 bits per heavy atom. The standard InChI is InChI=1S/C19H15Cl2N3OS/c1-2-24-18(25)17-16(12-5-3-4-6-15(12)22-17)23-19(24)26-10-11-7-8-13(20)14(21)9-11/h3-9,22H,2,10H2,1H3. The van der Waals surface area contributed by atoms with Crippen LogP contribution in [-0.2, 0) is 12.3 Å². The van der Waals surface area contributed by atoms with Crippen LogP contribution in [0.3, 0.4) is 0 Å². The zero-order valence-corrected chi connectivity index (χ0v) is 16.3. The van der Waals surface area contributed by atoms with E-state index in [9.17, 15) is 4.79 Å². The van der Waals surface area contributed by atoms with Crippen molar-refractivity contribution in [2.45, 2.75) is 24.4 Å². The van der Waals surface area contributed by atoms with Gasteiger partial charge >= 0.3 is 0 Å². The fourth-order valence-electron chi connectivity index (χ4n) is 2.94. The number of hydrogen-bond donors (Lipinski definition) is 1. The molecule has 0 unspecified atom stereocenters. The highest BCUT2D eigenvalue weighted by molar-refractivity contribution is 7.98. The number of fused-ring (bicyclic) bond motifs is 3. The van der Waals surface area contributed by atoms with Crippen molar-refractivity contribution in [1.29, 1.82) is 0 Å². The van der Waals surface area contributed by atoms with Gasteiger partial charge in [-0.15, -0.1) is 0 Å². The summed E-state index contributed by atoms with van der Waals surface area (Å²) in [6, 6.07) is 13.4. The zero-order chi connectivity index (χ0) is 18.3. The normalized spacial score (nSPS) is 11.5. The Labute approximate surface area is 164 Å². The van der Waals surface area contributed by atoms with Crippen molar-refractivity contribution in [3.05, 3.63) is 68.4 Å². The van der Waals surface area contributed by atoms with Crippen molar-refractivity contribution in [3.8, 4) is 0 Å². The first-order valence-electron chi connectivity index (χ1n) is 8.16. The van der Waals surface area contributed by atoms with Crippen molar-refractivity contribution in [1.82, 2.24) is 14.5 Å². The van der Waals surface area contributed by atoms with Crippen LogP contribution in [0, 0.1) is 0 Å². The molecule has 2 heterocycles. The number of benzene rings is 2. The summed E-state index contributed by atoms with van der Waals surface area (Å²) in [6.07, 6.45) is 0. The molecule has 2 aromatic heterocycles. The molecule has 0 saturated heterocycles. The number of nitrogens with one attached hydrogen (secondary N) is 1. The first kappa shape index (κ1) is 17.5. The summed E-state index contributed by atoms with van der Waals surface area (Å²) < 4.78 is 1.69. The number of thioether (sulfide) groups is 1. The Hall–Kier alpha value is -1.95. The van der Waals surface area contributed by atoms with Crippen LogP contribution in [0.15, 0.2) is 52.4 Å². The smallest absolute Gasteiger partial charge is 0.278 e. The van der Waals surface area contributed by atoms with E-state index in [1.807, 2.05) is 43.3 Å². The van der Waals surface area contributed by atoms with E-state index in [4.69, 9.17) is 28.2 Å². The molecule has 132 valence electrons. The van der Waals surface area contributed by atoms with Crippen molar-refractivity contribution < 1.29 is 0 Å². The van der Waals surface area contributed by atoms with Crippen LogP contribution >= 0.6 is 35.0 Å². The molecule has 0 amide bonds. The molecule has 7 heteroatoms. The van der Waals surface area contributed by atoms with E-state index in [0.717, 1.165) is 16.5 Å². The van der Waals surface area contributed by atoms with E-state index < -0.39 is 0 Å². The summed E-state index contributed by atoms with van der Waals surface area (Å²) in [5, 5.41) is 2.71. The fourth-order valence-corrected chi connectivity index (χ4v) is 4.26. The van der Waals surface area contributed by atoms with E-state index in [1.165, 1.54) is 11.8 Å². The van der Waals surface area contributed by atoms with Crippen molar-refractivity contribution in [2.75, 3.05) is 0 Å². The van der Waals surface area contributed by atoms with Crippen LogP contribution in [-0.4, -0.2) is 14.5 Å². The van der Waals surface area contributed by atoms with Crippen molar-refractivity contribution in [2.24, 2.45) is 0 Å². The number of aromatic nitrogens is 3. The zero-order valence-electron chi connectivity index (χ0n) is 13.9. The second-order valence-electron chi connectivity index (χ2n) is 5.88. The Balaban J connectivity index is 1.79. The predicted molar refractivity (Wildman–Crippen MR) is 110 cm³/mol. The first-order valence-corrected chi connectivity index (χ1v) is 9.90. The molecule has 0 fully saturated rings. The van der Waals surface area contributed by atoms with Gasteiger partial charge in [-0.05, 0) is 30.7 Å². The maximum Gasteiger partial charge on any atom is 0.278 e. The van der Waals surface area contributed by atoms with Crippen LogP contribution in [0.2, 0.25) is 10.0 Å². The van der Waals surface area contributed by atoms with Crippen molar-refractivity contribution in [3.63, 3.8) is 0 Å². The Kier molecular flexibility index (Phi) is 4.69. The maximum atomic E-state index is 12.9. The average Bonchev–Trinajstić information content (AvgIpc) is 3.02. The molecule has 26 heavy (non-hydrogen) atoms. The number of para-hydroxylation sites is 1. The third-order valence-corrected chi connectivity index (χ3v) is 6.03. The minimum absolute atomic E-state index is 0.0506. The first-order chi connectivity index (χ1) is 12.6. The van der Waals surface area contributed by atoms with Crippen LogP contribution in [0.4, 0.5) is 0 Å². The van der Waals surface area contributed by atoms with Crippen LogP contribution in [0.5, 0.6) is 0 Å². The van der Waals surface area contributed by atoms with E-state index in [2.05, 4.69) is 4.98 Å². The number of H-pyrrole nitrogens is 1. The molecule has 1 N–H and O–H groups in total. The van der Waals surface area contributed by atoms with E-state index in [1.54, 1.807) is 10.6 Å². The van der Waals surface area contributed by atoms with Gasteiger partial charge < -0.3 is 4.98 Å². The lowest BCUT2D eigenvalue weighted by Gasteiger charge is -2.10. The molecule has 4 aromatic rings. The van der Waals surface area contributed by atoms with Gasteiger partial charge in [0.2, 0.25) is 0 Å². The Morgan fingerprint density at radius 2 is 1.96 bits per heavy atom. The van der Waals surface area contributed by atoms with Gasteiger partial charge in [0, 0.05) is 23.2 Å². The van der Waals surface area contributed by atoms with Gasteiger partial charge in [-0.2, -0.15) is 0 Å².